The molecule has 0 aliphatic carbocycles. The number of carbonyl (C=O) groups excluding carboxylic acids is 1. The van der Waals surface area contributed by atoms with Gasteiger partial charge in [0.25, 0.3) is 0 Å². The minimum Gasteiger partial charge on any atom is -0.492 e. The first-order chi connectivity index (χ1) is 9.61. The van der Waals surface area contributed by atoms with Crippen LogP contribution in [0.3, 0.4) is 0 Å². The molecule has 0 saturated carbocycles. The second-order valence-corrected chi connectivity index (χ2v) is 4.32. The molecule has 0 saturated heterocycles. The number of rotatable bonds is 5. The lowest BCUT2D eigenvalue weighted by atomic mass is 10.0. The number of pyridine rings is 1. The molecule has 1 aromatic heterocycles. The number of anilines is 1. The second-order valence-electron chi connectivity index (χ2n) is 4.32. The molecule has 0 bridgehead atoms. The fraction of sp³-hybridized carbons (Fsp3) is 0.200. The van der Waals surface area contributed by atoms with Gasteiger partial charge in [-0.2, -0.15) is 0 Å². The normalized spacial score (nSPS) is 10.3. The zero-order chi connectivity index (χ0) is 14.5. The van der Waals surface area contributed by atoms with Crippen LogP contribution in [0, 0.1) is 5.82 Å². The molecule has 2 N–H and O–H groups in total. The quantitative estimate of drug-likeness (QED) is 0.672. The molecule has 0 spiro atoms. The van der Waals surface area contributed by atoms with Crippen molar-refractivity contribution in [2.45, 2.75) is 13.3 Å². The number of nitrogens with two attached hydrogens (primary N) is 1. The number of nitrogen functional groups attached to an aromatic ring is 1. The van der Waals surface area contributed by atoms with Gasteiger partial charge in [0.15, 0.2) is 5.78 Å². The molecule has 1 heterocycles. The molecule has 0 unspecified atom stereocenters. The number of hydrogen-bond donors (Lipinski definition) is 1. The summed E-state index contributed by atoms with van der Waals surface area (Å²) in [5.74, 6) is -0.408. The Hall–Kier alpha value is -2.43. The third-order valence-electron chi connectivity index (χ3n) is 2.71. The maximum atomic E-state index is 13.4. The molecule has 1 aromatic carbocycles. The molecular formula is C15H15FN2O2. The Morgan fingerprint density at radius 2 is 2.10 bits per heavy atom. The van der Waals surface area contributed by atoms with Gasteiger partial charge in [-0.1, -0.05) is 6.92 Å². The van der Waals surface area contributed by atoms with Gasteiger partial charge < -0.3 is 10.5 Å². The van der Waals surface area contributed by atoms with Crippen molar-refractivity contribution >= 4 is 11.5 Å². The predicted molar refractivity (Wildman–Crippen MR) is 74.3 cm³/mol. The fourth-order valence-electron chi connectivity index (χ4n) is 1.68. The van der Waals surface area contributed by atoms with Gasteiger partial charge in [-0.25, -0.2) is 4.39 Å². The molecule has 5 heteroatoms. The summed E-state index contributed by atoms with van der Waals surface area (Å²) < 4.78 is 18.8. The molecule has 0 amide bonds. The van der Waals surface area contributed by atoms with Gasteiger partial charge in [0.1, 0.15) is 11.6 Å². The van der Waals surface area contributed by atoms with E-state index in [1.807, 2.05) is 6.92 Å². The van der Waals surface area contributed by atoms with Crippen molar-refractivity contribution in [3.8, 4) is 5.75 Å². The molecule has 2 aromatic rings. The number of aromatic nitrogens is 1. The van der Waals surface area contributed by atoms with Crippen LogP contribution >= 0.6 is 0 Å². The summed E-state index contributed by atoms with van der Waals surface area (Å²) in [4.78, 5) is 16.2. The van der Waals surface area contributed by atoms with Crippen molar-refractivity contribution in [1.82, 2.24) is 4.98 Å². The van der Waals surface area contributed by atoms with E-state index in [0.29, 0.717) is 17.9 Å². The first kappa shape index (κ1) is 14.0. The maximum absolute atomic E-state index is 13.4. The Labute approximate surface area is 116 Å². The number of hydrogen-bond acceptors (Lipinski definition) is 4. The summed E-state index contributed by atoms with van der Waals surface area (Å²) >= 11 is 0. The van der Waals surface area contributed by atoms with Crippen molar-refractivity contribution < 1.29 is 13.9 Å². The average molecular weight is 274 g/mol. The second kappa shape index (κ2) is 6.14. The van der Waals surface area contributed by atoms with Gasteiger partial charge in [0.2, 0.25) is 0 Å². The molecule has 2 rings (SSSR count). The SMILES string of the molecule is CCCOc1cncc(C(=O)c2ccc(N)c(F)c2)c1. The highest BCUT2D eigenvalue weighted by Crippen LogP contribution is 2.18. The molecule has 0 aliphatic heterocycles. The number of halogens is 1. The summed E-state index contributed by atoms with van der Waals surface area (Å²) in [6.07, 6.45) is 3.83. The van der Waals surface area contributed by atoms with Crippen molar-refractivity contribution in [2.75, 3.05) is 12.3 Å². The van der Waals surface area contributed by atoms with Gasteiger partial charge in [0, 0.05) is 17.3 Å². The predicted octanol–water partition coefficient (Wildman–Crippen LogP) is 2.82. The Bertz CT molecular complexity index is 629. The fourth-order valence-corrected chi connectivity index (χ4v) is 1.68. The van der Waals surface area contributed by atoms with Crippen LogP contribution < -0.4 is 10.5 Å². The third kappa shape index (κ3) is 3.12. The van der Waals surface area contributed by atoms with E-state index in [1.165, 1.54) is 24.5 Å². The highest BCUT2D eigenvalue weighted by Gasteiger charge is 2.12. The highest BCUT2D eigenvalue weighted by molar-refractivity contribution is 6.09. The van der Waals surface area contributed by atoms with Gasteiger partial charge in [-0.15, -0.1) is 0 Å². The summed E-state index contributed by atoms with van der Waals surface area (Å²) in [5, 5.41) is 0. The van der Waals surface area contributed by atoms with Crippen LogP contribution in [-0.4, -0.2) is 17.4 Å². The minimum atomic E-state index is -0.609. The van der Waals surface area contributed by atoms with Crippen molar-refractivity contribution in [2.24, 2.45) is 0 Å². The van der Waals surface area contributed by atoms with Gasteiger partial charge >= 0.3 is 0 Å². The Balaban J connectivity index is 2.26. The molecule has 104 valence electrons. The minimum absolute atomic E-state index is 0.0136. The lowest BCUT2D eigenvalue weighted by Gasteiger charge is -2.06. The van der Waals surface area contributed by atoms with Crippen LogP contribution in [0.5, 0.6) is 5.75 Å². The van der Waals surface area contributed by atoms with E-state index < -0.39 is 5.82 Å². The Morgan fingerprint density at radius 3 is 2.80 bits per heavy atom. The van der Waals surface area contributed by atoms with E-state index in [4.69, 9.17) is 10.5 Å². The van der Waals surface area contributed by atoms with Crippen LogP contribution in [0.15, 0.2) is 36.7 Å². The van der Waals surface area contributed by atoms with Crippen LogP contribution in [0.4, 0.5) is 10.1 Å². The van der Waals surface area contributed by atoms with Crippen LogP contribution in [0.2, 0.25) is 0 Å². The summed E-state index contributed by atoms with van der Waals surface area (Å²) in [6, 6.07) is 5.57. The lowest BCUT2D eigenvalue weighted by Crippen LogP contribution is -2.05. The molecule has 0 aliphatic rings. The number of carbonyl (C=O) groups is 1. The van der Waals surface area contributed by atoms with Crippen molar-refractivity contribution in [1.29, 1.82) is 0 Å². The smallest absolute Gasteiger partial charge is 0.194 e. The van der Waals surface area contributed by atoms with Gasteiger partial charge in [0.05, 0.1) is 18.5 Å². The molecule has 0 fully saturated rings. The Kier molecular flexibility index (Phi) is 4.30. The van der Waals surface area contributed by atoms with Crippen LogP contribution in [-0.2, 0) is 0 Å². The zero-order valence-corrected chi connectivity index (χ0v) is 11.1. The first-order valence-corrected chi connectivity index (χ1v) is 6.29. The summed E-state index contributed by atoms with van der Waals surface area (Å²) in [6.45, 7) is 2.54. The standard InChI is InChI=1S/C15H15FN2O2/c1-2-5-20-12-6-11(8-18-9-12)15(19)10-3-4-14(17)13(16)7-10/h3-4,6-9H,2,5,17H2,1H3. The first-order valence-electron chi connectivity index (χ1n) is 6.29. The number of ketones is 1. The third-order valence-corrected chi connectivity index (χ3v) is 2.71. The van der Waals surface area contributed by atoms with Crippen molar-refractivity contribution in [3.63, 3.8) is 0 Å². The molecule has 20 heavy (non-hydrogen) atoms. The Morgan fingerprint density at radius 1 is 1.30 bits per heavy atom. The molecule has 4 nitrogen and oxygen atoms in total. The van der Waals surface area contributed by atoms with Gasteiger partial charge in [-0.3, -0.25) is 9.78 Å². The van der Waals surface area contributed by atoms with Crippen molar-refractivity contribution in [3.05, 3.63) is 53.6 Å². The largest absolute Gasteiger partial charge is 0.492 e. The van der Waals surface area contributed by atoms with E-state index >= 15 is 0 Å². The number of ether oxygens (including phenoxy) is 1. The number of nitrogens with zero attached hydrogens (tertiary/aromatic N) is 1. The van der Waals surface area contributed by atoms with E-state index in [1.54, 1.807) is 6.07 Å². The van der Waals surface area contributed by atoms with E-state index in [0.717, 1.165) is 12.5 Å². The number of benzene rings is 1. The van der Waals surface area contributed by atoms with E-state index in [9.17, 15) is 9.18 Å². The molecule has 0 radical (unpaired) electrons. The molecule has 0 atom stereocenters. The van der Waals surface area contributed by atoms with Crippen LogP contribution in [0.1, 0.15) is 29.3 Å². The van der Waals surface area contributed by atoms with E-state index in [-0.39, 0.29) is 17.0 Å². The van der Waals surface area contributed by atoms with E-state index in [2.05, 4.69) is 4.98 Å². The molecular weight excluding hydrogens is 259 g/mol. The highest BCUT2D eigenvalue weighted by atomic mass is 19.1. The maximum Gasteiger partial charge on any atom is 0.194 e. The average Bonchev–Trinajstić information content (AvgIpc) is 2.47. The van der Waals surface area contributed by atoms with Crippen LogP contribution in [0.25, 0.3) is 0 Å². The monoisotopic (exact) mass is 274 g/mol. The summed E-state index contributed by atoms with van der Waals surface area (Å²) in [7, 11) is 0. The van der Waals surface area contributed by atoms with Gasteiger partial charge in [-0.05, 0) is 30.7 Å². The lowest BCUT2D eigenvalue weighted by molar-refractivity contribution is 0.103. The zero-order valence-electron chi connectivity index (χ0n) is 11.1. The summed E-state index contributed by atoms with van der Waals surface area (Å²) in [5.41, 5.74) is 5.98. The topological polar surface area (TPSA) is 65.2 Å².